The van der Waals surface area contributed by atoms with Crippen molar-refractivity contribution in [3.05, 3.63) is 0 Å². The molecule has 0 saturated heterocycles. The monoisotopic (exact) mass is 414 g/mol. The summed E-state index contributed by atoms with van der Waals surface area (Å²) < 4.78 is 0. The molecule has 4 aliphatic carbocycles. The van der Waals surface area contributed by atoms with E-state index < -0.39 is 5.97 Å². The van der Waals surface area contributed by atoms with Crippen LogP contribution in [0.4, 0.5) is 0 Å². The molecular formula is C24H39NaO4. The molecule has 4 rings (SSSR count). The smallest absolute Gasteiger partial charge is 0.550 e. The largest absolute Gasteiger partial charge is 1.00 e. The van der Waals surface area contributed by atoms with E-state index in [-0.39, 0.29) is 59.0 Å². The fourth-order valence-corrected chi connectivity index (χ4v) is 8.72. The van der Waals surface area contributed by atoms with Crippen LogP contribution in [0.15, 0.2) is 0 Å². The Kier molecular flexibility index (Phi) is 7.24. The van der Waals surface area contributed by atoms with Crippen LogP contribution < -0.4 is 34.7 Å². The standard InChI is InChI=1S/C24H40O4.Na/c1-14(4-7-21(27)28)17-5-6-18-22-19(9-11-24(17,18)3)23(2)10-8-16(25)12-15(23)13-20(22)26;/h14-20,22,25-26H,4-13H2,1-3H3,(H,27,28);/q;+1/p-1/t14-,15?,16-,17-,18+,19+,20?,22?,23?,24?;/m0./s1. The van der Waals surface area contributed by atoms with Gasteiger partial charge in [0.1, 0.15) is 0 Å². The first-order valence-electron chi connectivity index (χ1n) is 11.7. The van der Waals surface area contributed by atoms with Crippen LogP contribution in [-0.2, 0) is 4.79 Å². The summed E-state index contributed by atoms with van der Waals surface area (Å²) in [7, 11) is 0. The third-order valence-corrected chi connectivity index (χ3v) is 10.2. The van der Waals surface area contributed by atoms with Gasteiger partial charge in [-0.25, -0.2) is 0 Å². The van der Waals surface area contributed by atoms with E-state index in [0.29, 0.717) is 41.9 Å². The molecule has 0 spiro atoms. The molecule has 4 saturated carbocycles. The molecule has 0 radical (unpaired) electrons. The number of hydrogen-bond acceptors (Lipinski definition) is 4. The minimum Gasteiger partial charge on any atom is -0.550 e. The summed E-state index contributed by atoms with van der Waals surface area (Å²) in [5.41, 5.74) is 0.494. The summed E-state index contributed by atoms with van der Waals surface area (Å²) in [5, 5.41) is 32.4. The van der Waals surface area contributed by atoms with Crippen LogP contribution in [-0.4, -0.2) is 28.4 Å². The number of fused-ring (bicyclic) bond motifs is 5. The molecule has 5 unspecified atom stereocenters. The Morgan fingerprint density at radius 3 is 2.38 bits per heavy atom. The predicted octanol–water partition coefficient (Wildman–Crippen LogP) is 0.147. The van der Waals surface area contributed by atoms with Gasteiger partial charge in [-0.1, -0.05) is 20.8 Å². The van der Waals surface area contributed by atoms with Crippen molar-refractivity contribution in [3.8, 4) is 0 Å². The van der Waals surface area contributed by atoms with Crippen molar-refractivity contribution in [2.75, 3.05) is 0 Å². The second kappa shape index (κ2) is 8.73. The average molecular weight is 415 g/mol. The van der Waals surface area contributed by atoms with Crippen LogP contribution in [0.2, 0.25) is 0 Å². The third kappa shape index (κ3) is 3.99. The summed E-state index contributed by atoms with van der Waals surface area (Å²) >= 11 is 0. The molecule has 0 aromatic heterocycles. The number of carbonyl (C=O) groups is 1. The fourth-order valence-electron chi connectivity index (χ4n) is 8.72. The minimum atomic E-state index is -0.934. The molecule has 29 heavy (non-hydrogen) atoms. The molecule has 0 amide bonds. The van der Waals surface area contributed by atoms with E-state index >= 15 is 0 Å². The zero-order valence-corrected chi connectivity index (χ0v) is 20.9. The number of carbonyl (C=O) groups excluding carboxylic acids is 1. The van der Waals surface area contributed by atoms with Crippen LogP contribution in [0, 0.1) is 46.3 Å². The molecule has 0 aromatic rings. The summed E-state index contributed by atoms with van der Waals surface area (Å²) in [6, 6.07) is 0. The SMILES string of the molecule is C[C@@H](CCC(=O)[O-])[C@@H]1CC[C@@H]2C3C(O)CC4C[C@@H](O)CCC4(C)[C@@H]3CCC21C.[Na+]. The van der Waals surface area contributed by atoms with Gasteiger partial charge in [0.2, 0.25) is 0 Å². The predicted molar refractivity (Wildman–Crippen MR) is 106 cm³/mol. The van der Waals surface area contributed by atoms with E-state index in [1.54, 1.807) is 0 Å². The van der Waals surface area contributed by atoms with Crippen molar-refractivity contribution in [3.63, 3.8) is 0 Å². The van der Waals surface area contributed by atoms with Crippen LogP contribution in [0.1, 0.15) is 85.0 Å². The second-order valence-corrected chi connectivity index (χ2v) is 11.3. The Morgan fingerprint density at radius 2 is 1.69 bits per heavy atom. The molecule has 0 aromatic carbocycles. The Morgan fingerprint density at radius 1 is 1.03 bits per heavy atom. The van der Waals surface area contributed by atoms with Crippen LogP contribution >= 0.6 is 0 Å². The first kappa shape index (κ1) is 24.0. The molecule has 2 N–H and O–H groups in total. The third-order valence-electron chi connectivity index (χ3n) is 10.2. The van der Waals surface area contributed by atoms with Crippen molar-refractivity contribution < 1.29 is 49.7 Å². The van der Waals surface area contributed by atoms with E-state index in [9.17, 15) is 20.1 Å². The van der Waals surface area contributed by atoms with E-state index in [1.165, 1.54) is 25.7 Å². The summed E-state index contributed by atoms with van der Waals surface area (Å²) in [6.45, 7) is 7.11. The molecule has 5 heteroatoms. The van der Waals surface area contributed by atoms with Crippen molar-refractivity contribution in [1.29, 1.82) is 0 Å². The number of aliphatic hydroxyl groups is 2. The van der Waals surface area contributed by atoms with E-state index in [0.717, 1.165) is 25.7 Å². The maximum Gasteiger partial charge on any atom is 1.00 e. The van der Waals surface area contributed by atoms with E-state index in [1.807, 2.05) is 0 Å². The molecule has 4 aliphatic rings. The van der Waals surface area contributed by atoms with Gasteiger partial charge in [0, 0.05) is 5.97 Å². The van der Waals surface area contributed by atoms with Crippen LogP contribution in [0.25, 0.3) is 0 Å². The number of carboxylic acid groups (broad SMARTS) is 1. The summed E-state index contributed by atoms with van der Waals surface area (Å²) in [4.78, 5) is 10.9. The van der Waals surface area contributed by atoms with E-state index in [2.05, 4.69) is 20.8 Å². The zero-order chi connectivity index (χ0) is 20.3. The number of carboxylic acids is 1. The van der Waals surface area contributed by atoms with Crippen LogP contribution in [0.5, 0.6) is 0 Å². The topological polar surface area (TPSA) is 80.6 Å². The number of hydrogen-bond donors (Lipinski definition) is 2. The molecular weight excluding hydrogens is 375 g/mol. The summed E-state index contributed by atoms with van der Waals surface area (Å²) in [5.74, 6) is 1.99. The van der Waals surface area contributed by atoms with E-state index in [4.69, 9.17) is 0 Å². The van der Waals surface area contributed by atoms with Gasteiger partial charge >= 0.3 is 29.6 Å². The first-order valence-corrected chi connectivity index (χ1v) is 11.7. The fraction of sp³-hybridized carbons (Fsp3) is 0.958. The quantitative estimate of drug-likeness (QED) is 0.642. The molecule has 0 heterocycles. The van der Waals surface area contributed by atoms with Crippen molar-refractivity contribution in [1.82, 2.24) is 0 Å². The molecule has 160 valence electrons. The van der Waals surface area contributed by atoms with Gasteiger partial charge in [-0.05, 0) is 111 Å². The Bertz CT molecular complexity index is 612. The van der Waals surface area contributed by atoms with Gasteiger partial charge < -0.3 is 20.1 Å². The second-order valence-electron chi connectivity index (χ2n) is 11.3. The van der Waals surface area contributed by atoms with Gasteiger partial charge in [-0.3, -0.25) is 0 Å². The molecule has 0 bridgehead atoms. The Balaban J connectivity index is 0.00000240. The molecule has 4 fully saturated rings. The summed E-state index contributed by atoms with van der Waals surface area (Å²) in [6.07, 6.45) is 8.91. The van der Waals surface area contributed by atoms with Gasteiger partial charge in [-0.15, -0.1) is 0 Å². The molecule has 4 nitrogen and oxygen atoms in total. The zero-order valence-electron chi connectivity index (χ0n) is 18.9. The number of aliphatic carboxylic acids is 1. The van der Waals surface area contributed by atoms with Gasteiger partial charge in [0.05, 0.1) is 12.2 Å². The Labute approximate surface area is 198 Å². The average Bonchev–Trinajstić information content (AvgIpc) is 2.98. The van der Waals surface area contributed by atoms with Gasteiger partial charge in [0.15, 0.2) is 0 Å². The van der Waals surface area contributed by atoms with Crippen molar-refractivity contribution in [2.45, 2.75) is 97.2 Å². The van der Waals surface area contributed by atoms with Crippen molar-refractivity contribution in [2.24, 2.45) is 46.3 Å². The molecule has 0 aliphatic heterocycles. The Hall–Kier alpha value is 0.390. The maximum absolute atomic E-state index is 11.2. The molecule has 10 atom stereocenters. The van der Waals surface area contributed by atoms with Crippen molar-refractivity contribution >= 4 is 5.97 Å². The van der Waals surface area contributed by atoms with Gasteiger partial charge in [0.25, 0.3) is 0 Å². The number of aliphatic hydroxyl groups excluding tert-OH is 2. The minimum absolute atomic E-state index is 0. The first-order chi connectivity index (χ1) is 13.2. The van der Waals surface area contributed by atoms with Crippen LogP contribution in [0.3, 0.4) is 0 Å². The van der Waals surface area contributed by atoms with Gasteiger partial charge in [-0.2, -0.15) is 0 Å². The number of rotatable bonds is 4. The normalized spacial score (nSPS) is 49.9. The maximum atomic E-state index is 11.2.